The number of H-pyrrole nitrogens is 1. The molecular formula is C15H17N3O4. The molecule has 1 amide bonds. The molecule has 7 nitrogen and oxygen atoms in total. The highest BCUT2D eigenvalue weighted by atomic mass is 16.5. The Morgan fingerprint density at radius 2 is 2.09 bits per heavy atom. The van der Waals surface area contributed by atoms with Crippen molar-refractivity contribution in [1.82, 2.24) is 15.3 Å². The van der Waals surface area contributed by atoms with Crippen LogP contribution in [0.2, 0.25) is 0 Å². The normalized spacial score (nSPS) is 11.8. The number of imidazole rings is 1. The molecule has 0 aliphatic rings. The van der Waals surface area contributed by atoms with E-state index in [4.69, 9.17) is 9.84 Å². The molecule has 0 aliphatic heterocycles. The second-order valence-electron chi connectivity index (χ2n) is 4.72. The molecule has 0 spiro atoms. The van der Waals surface area contributed by atoms with Crippen molar-refractivity contribution in [3.63, 3.8) is 0 Å². The van der Waals surface area contributed by atoms with E-state index in [9.17, 15) is 9.59 Å². The third-order valence-corrected chi connectivity index (χ3v) is 2.96. The summed E-state index contributed by atoms with van der Waals surface area (Å²) in [5, 5.41) is 11.6. The van der Waals surface area contributed by atoms with Gasteiger partial charge in [-0.1, -0.05) is 30.3 Å². The molecule has 7 heteroatoms. The van der Waals surface area contributed by atoms with Gasteiger partial charge in [0.1, 0.15) is 12.6 Å². The predicted octanol–water partition coefficient (Wildman–Crippen LogP) is 0.738. The summed E-state index contributed by atoms with van der Waals surface area (Å²) in [6, 6.07) is 8.40. The number of nitrogens with zero attached hydrogens (tertiary/aromatic N) is 1. The highest BCUT2D eigenvalue weighted by Gasteiger charge is 2.20. The number of carbonyl (C=O) groups is 2. The Bertz CT molecular complexity index is 599. The van der Waals surface area contributed by atoms with E-state index in [1.807, 2.05) is 30.3 Å². The van der Waals surface area contributed by atoms with Crippen LogP contribution in [-0.4, -0.2) is 39.6 Å². The minimum absolute atomic E-state index is 0.139. The van der Waals surface area contributed by atoms with Gasteiger partial charge >= 0.3 is 5.97 Å². The number of aromatic nitrogens is 2. The Morgan fingerprint density at radius 3 is 2.73 bits per heavy atom. The monoisotopic (exact) mass is 303 g/mol. The number of ether oxygens (including phenoxy) is 1. The summed E-state index contributed by atoms with van der Waals surface area (Å²) in [4.78, 5) is 29.5. The fourth-order valence-corrected chi connectivity index (χ4v) is 1.89. The number of nitrogens with one attached hydrogen (secondary N) is 2. The molecule has 1 aromatic carbocycles. The van der Waals surface area contributed by atoms with Gasteiger partial charge in [0.25, 0.3) is 0 Å². The van der Waals surface area contributed by atoms with Gasteiger partial charge in [0.15, 0.2) is 0 Å². The van der Waals surface area contributed by atoms with Crippen LogP contribution < -0.4 is 5.32 Å². The number of aromatic amines is 1. The summed E-state index contributed by atoms with van der Waals surface area (Å²) < 4.78 is 5.27. The summed E-state index contributed by atoms with van der Waals surface area (Å²) in [5.74, 6) is -1.58. The zero-order chi connectivity index (χ0) is 15.8. The number of carboxylic acid groups (broad SMARTS) is 1. The predicted molar refractivity (Wildman–Crippen MR) is 78.0 cm³/mol. The average molecular weight is 303 g/mol. The van der Waals surface area contributed by atoms with Gasteiger partial charge in [0.2, 0.25) is 5.91 Å². The molecule has 0 fully saturated rings. The van der Waals surface area contributed by atoms with Crippen LogP contribution in [0.3, 0.4) is 0 Å². The molecule has 0 radical (unpaired) electrons. The standard InChI is InChI=1S/C15H17N3O4/c19-14(9-22-8-11-4-2-1-3-5-11)18-13(15(20)21)6-12-7-16-10-17-12/h1-5,7,10,13H,6,8-9H2,(H,16,17)(H,18,19)(H,20,21)/t13-/m0/s1. The van der Waals surface area contributed by atoms with Crippen molar-refractivity contribution >= 4 is 11.9 Å². The van der Waals surface area contributed by atoms with Crippen LogP contribution in [0.4, 0.5) is 0 Å². The maximum atomic E-state index is 11.8. The van der Waals surface area contributed by atoms with E-state index in [1.54, 1.807) is 0 Å². The van der Waals surface area contributed by atoms with Gasteiger partial charge in [-0.05, 0) is 5.56 Å². The fraction of sp³-hybridized carbons (Fsp3) is 0.267. The lowest BCUT2D eigenvalue weighted by Crippen LogP contribution is -2.43. The Hall–Kier alpha value is -2.67. The van der Waals surface area contributed by atoms with Gasteiger partial charge in [-0.15, -0.1) is 0 Å². The second-order valence-corrected chi connectivity index (χ2v) is 4.72. The summed E-state index contributed by atoms with van der Waals surface area (Å²) in [6.45, 7) is 0.105. The molecule has 116 valence electrons. The lowest BCUT2D eigenvalue weighted by Gasteiger charge is -2.13. The van der Waals surface area contributed by atoms with E-state index < -0.39 is 17.9 Å². The Balaban J connectivity index is 1.77. The zero-order valence-electron chi connectivity index (χ0n) is 11.9. The minimum Gasteiger partial charge on any atom is -0.480 e. The molecule has 22 heavy (non-hydrogen) atoms. The van der Waals surface area contributed by atoms with Crippen molar-refractivity contribution in [2.45, 2.75) is 19.1 Å². The first-order chi connectivity index (χ1) is 10.6. The minimum atomic E-state index is -1.11. The maximum Gasteiger partial charge on any atom is 0.326 e. The second kappa shape index (κ2) is 7.94. The van der Waals surface area contributed by atoms with Gasteiger partial charge in [-0.2, -0.15) is 0 Å². The van der Waals surface area contributed by atoms with E-state index in [0.29, 0.717) is 12.3 Å². The largest absolute Gasteiger partial charge is 0.480 e. The van der Waals surface area contributed by atoms with Crippen molar-refractivity contribution in [2.24, 2.45) is 0 Å². The van der Waals surface area contributed by atoms with Crippen molar-refractivity contribution in [2.75, 3.05) is 6.61 Å². The molecule has 2 aromatic rings. The molecule has 0 aliphatic carbocycles. The van der Waals surface area contributed by atoms with Gasteiger partial charge in [0.05, 0.1) is 12.9 Å². The average Bonchev–Trinajstić information content (AvgIpc) is 3.00. The molecule has 3 N–H and O–H groups in total. The van der Waals surface area contributed by atoms with Crippen LogP contribution in [0, 0.1) is 0 Å². The number of carboxylic acids is 1. The Kier molecular flexibility index (Phi) is 5.67. The highest BCUT2D eigenvalue weighted by Crippen LogP contribution is 2.01. The first kappa shape index (κ1) is 15.7. The van der Waals surface area contributed by atoms with Crippen LogP contribution in [0.25, 0.3) is 0 Å². The molecule has 0 saturated carbocycles. The molecule has 0 saturated heterocycles. The number of rotatable bonds is 8. The molecular weight excluding hydrogens is 286 g/mol. The third-order valence-electron chi connectivity index (χ3n) is 2.96. The van der Waals surface area contributed by atoms with Crippen LogP contribution in [-0.2, 0) is 27.4 Å². The molecule has 1 atom stereocenters. The lowest BCUT2D eigenvalue weighted by molar-refractivity contribution is -0.142. The molecule has 1 aromatic heterocycles. The first-order valence-corrected chi connectivity index (χ1v) is 6.76. The Labute approximate surface area is 127 Å². The fourth-order valence-electron chi connectivity index (χ4n) is 1.89. The van der Waals surface area contributed by atoms with Gasteiger partial charge < -0.3 is 20.1 Å². The van der Waals surface area contributed by atoms with Crippen LogP contribution >= 0.6 is 0 Å². The maximum absolute atomic E-state index is 11.8. The SMILES string of the molecule is O=C(COCc1ccccc1)N[C@@H](Cc1cnc[nH]1)C(=O)O. The number of amides is 1. The van der Waals surface area contributed by atoms with Crippen molar-refractivity contribution in [3.05, 3.63) is 54.1 Å². The van der Waals surface area contributed by atoms with E-state index in [1.165, 1.54) is 12.5 Å². The summed E-state index contributed by atoms with van der Waals surface area (Å²) >= 11 is 0. The van der Waals surface area contributed by atoms with Crippen molar-refractivity contribution in [1.29, 1.82) is 0 Å². The smallest absolute Gasteiger partial charge is 0.326 e. The van der Waals surface area contributed by atoms with E-state index in [2.05, 4.69) is 15.3 Å². The van der Waals surface area contributed by atoms with Crippen LogP contribution in [0.5, 0.6) is 0 Å². The third kappa shape index (κ3) is 5.02. The van der Waals surface area contributed by atoms with Crippen LogP contribution in [0.1, 0.15) is 11.3 Å². The quantitative estimate of drug-likeness (QED) is 0.667. The molecule has 0 unspecified atom stereocenters. The Morgan fingerprint density at radius 1 is 1.32 bits per heavy atom. The molecule has 2 rings (SSSR count). The topological polar surface area (TPSA) is 104 Å². The first-order valence-electron chi connectivity index (χ1n) is 6.76. The van der Waals surface area contributed by atoms with Crippen LogP contribution in [0.15, 0.2) is 42.9 Å². The van der Waals surface area contributed by atoms with Crippen molar-refractivity contribution in [3.8, 4) is 0 Å². The number of hydrogen-bond acceptors (Lipinski definition) is 4. The van der Waals surface area contributed by atoms with E-state index in [0.717, 1.165) is 5.56 Å². The van der Waals surface area contributed by atoms with Gasteiger partial charge in [-0.3, -0.25) is 4.79 Å². The number of hydrogen-bond donors (Lipinski definition) is 3. The van der Waals surface area contributed by atoms with Gasteiger partial charge in [-0.25, -0.2) is 9.78 Å². The summed E-state index contributed by atoms with van der Waals surface area (Å²) in [5.41, 5.74) is 1.58. The van der Waals surface area contributed by atoms with Gasteiger partial charge in [0, 0.05) is 18.3 Å². The lowest BCUT2D eigenvalue weighted by atomic mass is 10.1. The zero-order valence-corrected chi connectivity index (χ0v) is 11.9. The summed E-state index contributed by atoms with van der Waals surface area (Å²) in [7, 11) is 0. The molecule has 1 heterocycles. The molecule has 0 bridgehead atoms. The summed E-state index contributed by atoms with van der Waals surface area (Å²) in [6.07, 6.45) is 3.12. The number of benzene rings is 1. The van der Waals surface area contributed by atoms with E-state index in [-0.39, 0.29) is 13.0 Å². The number of carbonyl (C=O) groups excluding carboxylic acids is 1. The van der Waals surface area contributed by atoms with E-state index >= 15 is 0 Å². The number of aliphatic carboxylic acids is 1. The van der Waals surface area contributed by atoms with Crippen molar-refractivity contribution < 1.29 is 19.4 Å². The highest BCUT2D eigenvalue weighted by molar-refractivity contribution is 5.84.